The molecule has 128 valence electrons. The van der Waals surface area contributed by atoms with Gasteiger partial charge in [-0.3, -0.25) is 14.3 Å². The molecule has 0 radical (unpaired) electrons. The second-order valence-electron chi connectivity index (χ2n) is 7.01. The van der Waals surface area contributed by atoms with Gasteiger partial charge in [-0.05, 0) is 50.3 Å². The Bertz CT molecular complexity index is 790. The van der Waals surface area contributed by atoms with Crippen molar-refractivity contribution in [1.29, 1.82) is 0 Å². The van der Waals surface area contributed by atoms with E-state index in [-0.39, 0.29) is 17.6 Å². The van der Waals surface area contributed by atoms with Gasteiger partial charge in [0.1, 0.15) is 0 Å². The monoisotopic (exact) mass is 329 g/mol. The van der Waals surface area contributed by atoms with Gasteiger partial charge in [0, 0.05) is 13.1 Å². The summed E-state index contributed by atoms with van der Waals surface area (Å²) in [5.41, 5.74) is 1.42. The van der Waals surface area contributed by atoms with Crippen LogP contribution in [0.15, 0.2) is 33.5 Å². The fraction of sp³-hybridized carbons (Fsp3) is 0.556. The fourth-order valence-corrected chi connectivity index (χ4v) is 3.46. The van der Waals surface area contributed by atoms with E-state index in [1.54, 1.807) is 10.6 Å². The van der Waals surface area contributed by atoms with E-state index in [0.29, 0.717) is 24.7 Å². The third-order valence-corrected chi connectivity index (χ3v) is 5.05. The van der Waals surface area contributed by atoms with Crippen molar-refractivity contribution >= 4 is 17.0 Å². The van der Waals surface area contributed by atoms with Crippen molar-refractivity contribution in [2.24, 2.45) is 11.8 Å². The van der Waals surface area contributed by atoms with Crippen molar-refractivity contribution in [2.45, 2.75) is 32.4 Å². The summed E-state index contributed by atoms with van der Waals surface area (Å²) in [6, 6.07) is 7.45. The van der Waals surface area contributed by atoms with Gasteiger partial charge in [-0.2, -0.15) is 0 Å². The summed E-state index contributed by atoms with van der Waals surface area (Å²) in [6.07, 6.45) is 4.39. The lowest BCUT2D eigenvalue weighted by Gasteiger charge is -2.31. The van der Waals surface area contributed by atoms with Crippen LogP contribution in [0.2, 0.25) is 0 Å². The zero-order chi connectivity index (χ0) is 16.5. The number of carbonyl (C=O) groups is 1. The Morgan fingerprint density at radius 2 is 2.08 bits per heavy atom. The summed E-state index contributed by atoms with van der Waals surface area (Å²) in [5.74, 6) is 0.545. The number of amides is 1. The number of benzene rings is 1. The molecule has 2 aromatic rings. The van der Waals surface area contributed by atoms with Gasteiger partial charge in [0.25, 0.3) is 0 Å². The molecule has 4 rings (SSSR count). The number of rotatable bonds is 5. The maximum Gasteiger partial charge on any atom is 0.421 e. The van der Waals surface area contributed by atoms with Gasteiger partial charge in [0.2, 0.25) is 5.91 Å². The number of nitrogens with zero attached hydrogens (tertiary/aromatic N) is 2. The standard InChI is InChI=1S/C18H23N3O3/c22-17(19-10-13-7-8-13)14-4-3-9-20(11-14)12-21-15-5-1-2-6-16(15)24-18(21)23/h1-2,5-6,13-14H,3-4,7-12H2,(H,19,22)/t14-/m0/s1. The molecule has 0 bridgehead atoms. The Kier molecular flexibility index (Phi) is 4.14. The molecular weight excluding hydrogens is 306 g/mol. The number of hydrogen-bond acceptors (Lipinski definition) is 4. The maximum absolute atomic E-state index is 12.3. The van der Waals surface area contributed by atoms with Crippen LogP contribution < -0.4 is 11.1 Å². The van der Waals surface area contributed by atoms with E-state index in [0.717, 1.165) is 31.4 Å². The number of likely N-dealkylation sites (tertiary alicyclic amines) is 1. The van der Waals surface area contributed by atoms with E-state index in [1.165, 1.54) is 12.8 Å². The van der Waals surface area contributed by atoms with Crippen molar-refractivity contribution < 1.29 is 9.21 Å². The van der Waals surface area contributed by atoms with Gasteiger partial charge >= 0.3 is 5.76 Å². The topological polar surface area (TPSA) is 67.5 Å². The number of aromatic nitrogens is 1. The van der Waals surface area contributed by atoms with Gasteiger partial charge in [-0.1, -0.05) is 12.1 Å². The summed E-state index contributed by atoms with van der Waals surface area (Å²) >= 11 is 0. The van der Waals surface area contributed by atoms with Crippen molar-refractivity contribution in [3.05, 3.63) is 34.8 Å². The minimum Gasteiger partial charge on any atom is -0.408 e. The van der Waals surface area contributed by atoms with Crippen molar-refractivity contribution in [3.8, 4) is 0 Å². The van der Waals surface area contributed by atoms with E-state index in [4.69, 9.17) is 4.42 Å². The zero-order valence-corrected chi connectivity index (χ0v) is 13.7. The summed E-state index contributed by atoms with van der Waals surface area (Å²) in [4.78, 5) is 26.6. The third kappa shape index (κ3) is 3.24. The highest BCUT2D eigenvalue weighted by molar-refractivity contribution is 5.79. The highest BCUT2D eigenvalue weighted by atomic mass is 16.4. The van der Waals surface area contributed by atoms with Gasteiger partial charge in [0.15, 0.2) is 5.58 Å². The minimum atomic E-state index is -0.337. The van der Waals surface area contributed by atoms with Gasteiger partial charge < -0.3 is 9.73 Å². The fourth-order valence-electron chi connectivity index (χ4n) is 3.46. The highest BCUT2D eigenvalue weighted by Crippen LogP contribution is 2.28. The quantitative estimate of drug-likeness (QED) is 0.908. The smallest absolute Gasteiger partial charge is 0.408 e. The molecular formula is C18H23N3O3. The van der Waals surface area contributed by atoms with Crippen molar-refractivity contribution in [3.63, 3.8) is 0 Å². The summed E-state index contributed by atoms with van der Waals surface area (Å²) in [7, 11) is 0. The number of fused-ring (bicyclic) bond motifs is 1. The molecule has 0 spiro atoms. The normalized spacial score (nSPS) is 21.9. The number of carbonyl (C=O) groups excluding carboxylic acids is 1. The predicted octanol–water partition coefficient (Wildman–Crippen LogP) is 1.79. The molecule has 1 aromatic heterocycles. The van der Waals surface area contributed by atoms with Crippen LogP contribution in [-0.4, -0.2) is 35.0 Å². The number of nitrogens with one attached hydrogen (secondary N) is 1. The second kappa shape index (κ2) is 6.43. The van der Waals surface area contributed by atoms with Gasteiger partial charge in [-0.15, -0.1) is 0 Å². The zero-order valence-electron chi connectivity index (χ0n) is 13.7. The first kappa shape index (κ1) is 15.4. The number of para-hydroxylation sites is 2. The van der Waals surface area contributed by atoms with Crippen LogP contribution in [0.5, 0.6) is 0 Å². The van der Waals surface area contributed by atoms with Gasteiger partial charge in [0.05, 0.1) is 18.1 Å². The Labute approximate surface area is 140 Å². The van der Waals surface area contributed by atoms with Crippen LogP contribution in [0, 0.1) is 11.8 Å². The highest BCUT2D eigenvalue weighted by Gasteiger charge is 2.28. The number of piperidine rings is 1. The Balaban J connectivity index is 1.43. The lowest BCUT2D eigenvalue weighted by molar-refractivity contribution is -0.127. The molecule has 1 aromatic carbocycles. The van der Waals surface area contributed by atoms with Crippen LogP contribution in [0.3, 0.4) is 0 Å². The molecule has 6 heteroatoms. The average molecular weight is 329 g/mol. The SMILES string of the molecule is O=C(NCC1CC1)[C@H]1CCCN(Cn2c(=O)oc3ccccc32)C1. The number of hydrogen-bond donors (Lipinski definition) is 1. The molecule has 1 saturated heterocycles. The molecule has 0 unspecified atom stereocenters. The predicted molar refractivity (Wildman–Crippen MR) is 90.5 cm³/mol. The van der Waals surface area contributed by atoms with Crippen LogP contribution in [0.25, 0.3) is 11.1 Å². The van der Waals surface area contributed by atoms with Crippen molar-refractivity contribution in [2.75, 3.05) is 19.6 Å². The van der Waals surface area contributed by atoms with Crippen molar-refractivity contribution in [1.82, 2.24) is 14.8 Å². The van der Waals surface area contributed by atoms with E-state index >= 15 is 0 Å². The van der Waals surface area contributed by atoms with Crippen LogP contribution in [-0.2, 0) is 11.5 Å². The van der Waals surface area contributed by atoms with E-state index in [9.17, 15) is 9.59 Å². The molecule has 1 atom stereocenters. The lowest BCUT2D eigenvalue weighted by Crippen LogP contribution is -2.44. The first-order chi connectivity index (χ1) is 11.7. The molecule has 2 aliphatic rings. The Hall–Kier alpha value is -2.08. The van der Waals surface area contributed by atoms with E-state index < -0.39 is 0 Å². The molecule has 6 nitrogen and oxygen atoms in total. The first-order valence-electron chi connectivity index (χ1n) is 8.79. The Morgan fingerprint density at radius 1 is 1.25 bits per heavy atom. The molecule has 1 N–H and O–H groups in total. The minimum absolute atomic E-state index is 0.0198. The van der Waals surface area contributed by atoms with E-state index in [1.807, 2.05) is 18.2 Å². The molecule has 2 heterocycles. The molecule has 1 amide bonds. The summed E-state index contributed by atoms with van der Waals surface area (Å²) in [6.45, 7) is 2.89. The molecule has 1 aliphatic carbocycles. The van der Waals surface area contributed by atoms with E-state index in [2.05, 4.69) is 10.2 Å². The van der Waals surface area contributed by atoms with Crippen LogP contribution >= 0.6 is 0 Å². The molecule has 2 fully saturated rings. The second-order valence-corrected chi connectivity index (χ2v) is 7.01. The van der Waals surface area contributed by atoms with Crippen LogP contribution in [0.4, 0.5) is 0 Å². The average Bonchev–Trinajstić information content (AvgIpc) is 3.38. The largest absolute Gasteiger partial charge is 0.421 e. The Morgan fingerprint density at radius 3 is 2.92 bits per heavy atom. The van der Waals surface area contributed by atoms with Gasteiger partial charge in [-0.25, -0.2) is 4.79 Å². The lowest BCUT2D eigenvalue weighted by atomic mass is 9.97. The number of oxazole rings is 1. The molecule has 24 heavy (non-hydrogen) atoms. The first-order valence-corrected chi connectivity index (χ1v) is 8.79. The molecule has 1 saturated carbocycles. The maximum atomic E-state index is 12.3. The molecule has 1 aliphatic heterocycles. The summed E-state index contributed by atoms with van der Waals surface area (Å²) < 4.78 is 6.94. The summed E-state index contributed by atoms with van der Waals surface area (Å²) in [5, 5.41) is 3.08. The van der Waals surface area contributed by atoms with Crippen LogP contribution in [0.1, 0.15) is 25.7 Å². The third-order valence-electron chi connectivity index (χ3n) is 5.05.